The van der Waals surface area contributed by atoms with Gasteiger partial charge in [0.05, 0.1) is 18.4 Å². The Morgan fingerprint density at radius 1 is 1.55 bits per heavy atom. The fourth-order valence-corrected chi connectivity index (χ4v) is 3.18. The van der Waals surface area contributed by atoms with E-state index in [9.17, 15) is 4.79 Å². The molecule has 7 heteroatoms. The van der Waals surface area contributed by atoms with Gasteiger partial charge in [0.1, 0.15) is 0 Å². The van der Waals surface area contributed by atoms with Crippen LogP contribution in [0.5, 0.6) is 0 Å². The van der Waals surface area contributed by atoms with E-state index < -0.39 is 0 Å². The molecule has 0 unspecified atom stereocenters. The van der Waals surface area contributed by atoms with E-state index in [1.807, 2.05) is 13.8 Å². The van der Waals surface area contributed by atoms with Gasteiger partial charge in [0.15, 0.2) is 5.69 Å². The van der Waals surface area contributed by atoms with Crippen molar-refractivity contribution in [3.8, 4) is 0 Å². The Labute approximate surface area is 131 Å². The Hall–Kier alpha value is -1.47. The van der Waals surface area contributed by atoms with Gasteiger partial charge in [-0.2, -0.15) is 0 Å². The summed E-state index contributed by atoms with van der Waals surface area (Å²) in [6.07, 6.45) is 4.18. The van der Waals surface area contributed by atoms with Crippen LogP contribution in [0.1, 0.15) is 37.2 Å². The summed E-state index contributed by atoms with van der Waals surface area (Å²) < 4.78 is 7.45. The number of nitrogens with zero attached hydrogens (tertiary/aromatic N) is 4. The summed E-state index contributed by atoms with van der Waals surface area (Å²) in [6.45, 7) is 8.71. The van der Waals surface area contributed by atoms with Crippen LogP contribution in [0.3, 0.4) is 0 Å². The molecule has 7 nitrogen and oxygen atoms in total. The summed E-state index contributed by atoms with van der Waals surface area (Å²) >= 11 is 0. The lowest BCUT2D eigenvalue weighted by molar-refractivity contribution is -0.0765. The van der Waals surface area contributed by atoms with E-state index >= 15 is 0 Å². The first-order valence-electron chi connectivity index (χ1n) is 8.08. The normalized spacial score (nSPS) is 25.2. The van der Waals surface area contributed by atoms with Crippen LogP contribution >= 0.6 is 0 Å². The standard InChI is InChI=1S/C15H25N5O2/c1-15(2)11-19(6-7-22-15)14(21)13-10-20(18-17-13)9-12-4-3-5-16-8-12/h10,12,16H,3-9,11H2,1-2H3/t12-/m0/s1. The van der Waals surface area contributed by atoms with Gasteiger partial charge in [-0.25, -0.2) is 0 Å². The fourth-order valence-electron chi connectivity index (χ4n) is 3.18. The van der Waals surface area contributed by atoms with Crippen molar-refractivity contribution in [2.24, 2.45) is 5.92 Å². The summed E-state index contributed by atoms with van der Waals surface area (Å²) in [4.78, 5) is 14.3. The van der Waals surface area contributed by atoms with E-state index in [2.05, 4.69) is 15.6 Å². The molecule has 1 atom stereocenters. The molecule has 0 aliphatic carbocycles. The Kier molecular flexibility index (Phi) is 4.44. The molecule has 2 aliphatic heterocycles. The molecule has 0 bridgehead atoms. The van der Waals surface area contributed by atoms with Crippen LogP contribution in [0.25, 0.3) is 0 Å². The van der Waals surface area contributed by atoms with Gasteiger partial charge < -0.3 is 15.0 Å². The van der Waals surface area contributed by atoms with Crippen LogP contribution in [0.4, 0.5) is 0 Å². The van der Waals surface area contributed by atoms with E-state index in [0.717, 1.165) is 19.6 Å². The molecule has 2 saturated heterocycles. The predicted molar refractivity (Wildman–Crippen MR) is 81.6 cm³/mol. The van der Waals surface area contributed by atoms with Crippen LogP contribution in [0, 0.1) is 5.92 Å². The van der Waals surface area contributed by atoms with Gasteiger partial charge in [0.2, 0.25) is 0 Å². The molecule has 0 radical (unpaired) electrons. The largest absolute Gasteiger partial charge is 0.372 e. The first kappa shape index (κ1) is 15.4. The van der Waals surface area contributed by atoms with E-state index in [1.165, 1.54) is 12.8 Å². The Morgan fingerprint density at radius 2 is 2.41 bits per heavy atom. The van der Waals surface area contributed by atoms with Gasteiger partial charge in [-0.1, -0.05) is 5.21 Å². The van der Waals surface area contributed by atoms with Crippen LogP contribution in [-0.4, -0.2) is 64.2 Å². The summed E-state index contributed by atoms with van der Waals surface area (Å²) in [7, 11) is 0. The molecule has 3 rings (SSSR count). The van der Waals surface area contributed by atoms with Gasteiger partial charge in [0.25, 0.3) is 5.91 Å². The average Bonchev–Trinajstić information content (AvgIpc) is 2.95. The number of morpholine rings is 1. The zero-order chi connectivity index (χ0) is 15.6. The van der Waals surface area contributed by atoms with Crippen LogP contribution in [0.15, 0.2) is 6.20 Å². The smallest absolute Gasteiger partial charge is 0.276 e. The third-order valence-electron chi connectivity index (χ3n) is 4.31. The molecule has 22 heavy (non-hydrogen) atoms. The highest BCUT2D eigenvalue weighted by atomic mass is 16.5. The number of hydrogen-bond donors (Lipinski definition) is 1. The summed E-state index contributed by atoms with van der Waals surface area (Å²) in [5, 5.41) is 11.6. The van der Waals surface area contributed by atoms with Gasteiger partial charge in [0, 0.05) is 19.6 Å². The topological polar surface area (TPSA) is 72.3 Å². The lowest BCUT2D eigenvalue weighted by Crippen LogP contribution is -2.50. The van der Waals surface area contributed by atoms with E-state index in [-0.39, 0.29) is 11.5 Å². The molecule has 1 aromatic rings. The minimum atomic E-state index is -0.294. The van der Waals surface area contributed by atoms with Gasteiger partial charge in [-0.05, 0) is 45.7 Å². The molecule has 1 aromatic heterocycles. The minimum absolute atomic E-state index is 0.0515. The maximum Gasteiger partial charge on any atom is 0.276 e. The molecule has 0 spiro atoms. The number of hydrogen-bond acceptors (Lipinski definition) is 5. The highest BCUT2D eigenvalue weighted by Crippen LogP contribution is 2.18. The van der Waals surface area contributed by atoms with Gasteiger partial charge in [-0.3, -0.25) is 9.48 Å². The maximum absolute atomic E-state index is 12.5. The Balaban J connectivity index is 1.61. The van der Waals surface area contributed by atoms with Crippen molar-refractivity contribution in [3.05, 3.63) is 11.9 Å². The van der Waals surface area contributed by atoms with Crippen molar-refractivity contribution in [1.82, 2.24) is 25.2 Å². The number of aromatic nitrogens is 3. The lowest BCUT2D eigenvalue weighted by Gasteiger charge is -2.37. The third kappa shape index (κ3) is 3.64. The molecule has 3 heterocycles. The summed E-state index contributed by atoms with van der Waals surface area (Å²) in [6, 6.07) is 0. The van der Waals surface area contributed by atoms with Gasteiger partial charge in [-0.15, -0.1) is 5.10 Å². The SMILES string of the molecule is CC1(C)CN(C(=O)c2cn(C[C@H]3CCCNC3)nn2)CCO1. The van der Waals surface area contributed by atoms with E-state index in [4.69, 9.17) is 4.74 Å². The molecule has 122 valence electrons. The number of carbonyl (C=O) groups excluding carboxylic acids is 1. The number of rotatable bonds is 3. The zero-order valence-electron chi connectivity index (χ0n) is 13.4. The molecular weight excluding hydrogens is 282 g/mol. The first-order chi connectivity index (χ1) is 10.5. The van der Waals surface area contributed by atoms with Crippen LogP contribution < -0.4 is 5.32 Å². The van der Waals surface area contributed by atoms with Crippen molar-refractivity contribution in [3.63, 3.8) is 0 Å². The molecule has 0 saturated carbocycles. The number of amides is 1. The van der Waals surface area contributed by atoms with Crippen molar-refractivity contribution in [2.75, 3.05) is 32.8 Å². The maximum atomic E-state index is 12.5. The monoisotopic (exact) mass is 307 g/mol. The van der Waals surface area contributed by atoms with E-state index in [0.29, 0.717) is 31.3 Å². The van der Waals surface area contributed by atoms with Crippen molar-refractivity contribution >= 4 is 5.91 Å². The average molecular weight is 307 g/mol. The quantitative estimate of drug-likeness (QED) is 0.882. The fraction of sp³-hybridized carbons (Fsp3) is 0.800. The second-order valence-corrected chi connectivity index (χ2v) is 6.87. The first-order valence-corrected chi connectivity index (χ1v) is 8.08. The van der Waals surface area contributed by atoms with Crippen LogP contribution in [0.2, 0.25) is 0 Å². The molecular formula is C15H25N5O2. The van der Waals surface area contributed by atoms with Crippen molar-refractivity contribution < 1.29 is 9.53 Å². The second kappa shape index (κ2) is 6.34. The molecule has 2 fully saturated rings. The Morgan fingerprint density at radius 3 is 3.14 bits per heavy atom. The van der Waals surface area contributed by atoms with Gasteiger partial charge >= 0.3 is 0 Å². The van der Waals surface area contributed by atoms with Crippen LogP contribution in [-0.2, 0) is 11.3 Å². The third-order valence-corrected chi connectivity index (χ3v) is 4.31. The molecule has 1 N–H and O–H groups in total. The predicted octanol–water partition coefficient (Wildman–Crippen LogP) is 0.529. The number of carbonyl (C=O) groups is 1. The lowest BCUT2D eigenvalue weighted by atomic mass is 10.00. The highest BCUT2D eigenvalue weighted by molar-refractivity contribution is 5.92. The van der Waals surface area contributed by atoms with Crippen molar-refractivity contribution in [2.45, 2.75) is 38.8 Å². The zero-order valence-corrected chi connectivity index (χ0v) is 13.4. The number of ether oxygens (including phenoxy) is 1. The minimum Gasteiger partial charge on any atom is -0.372 e. The number of piperidine rings is 1. The van der Waals surface area contributed by atoms with Crippen molar-refractivity contribution in [1.29, 1.82) is 0 Å². The molecule has 2 aliphatic rings. The molecule has 1 amide bonds. The van der Waals surface area contributed by atoms with E-state index in [1.54, 1.807) is 15.8 Å². The molecule has 0 aromatic carbocycles. The highest BCUT2D eigenvalue weighted by Gasteiger charge is 2.31. The second-order valence-electron chi connectivity index (χ2n) is 6.87. The Bertz CT molecular complexity index is 522. The summed E-state index contributed by atoms with van der Waals surface area (Å²) in [5.74, 6) is 0.519. The number of nitrogens with one attached hydrogen (secondary N) is 1. The summed E-state index contributed by atoms with van der Waals surface area (Å²) in [5.41, 5.74) is 0.138.